The van der Waals surface area contributed by atoms with Crippen LogP contribution in [0.4, 0.5) is 0 Å². The standard InChI is InChI=1S/C9H16N2O2/c1-12-4-3-9(11-10)6-8-2-5-13-7-8/h2,5,7,9,11H,3-4,6,10H2,1H3. The minimum atomic E-state index is 0.248. The third-order valence-electron chi connectivity index (χ3n) is 1.97. The van der Waals surface area contributed by atoms with Gasteiger partial charge >= 0.3 is 0 Å². The Morgan fingerprint density at radius 2 is 2.54 bits per heavy atom. The van der Waals surface area contributed by atoms with Crippen molar-refractivity contribution in [3.8, 4) is 0 Å². The highest BCUT2D eigenvalue weighted by molar-refractivity contribution is 5.07. The molecule has 3 N–H and O–H groups in total. The molecule has 13 heavy (non-hydrogen) atoms. The van der Waals surface area contributed by atoms with Crippen LogP contribution in [0.1, 0.15) is 12.0 Å². The van der Waals surface area contributed by atoms with Gasteiger partial charge in [0.05, 0.1) is 12.5 Å². The van der Waals surface area contributed by atoms with Crippen LogP contribution in [-0.2, 0) is 11.2 Å². The number of hydrogen-bond donors (Lipinski definition) is 2. The first kappa shape index (κ1) is 10.2. The predicted octanol–water partition coefficient (Wildman–Crippen LogP) is 0.691. The Morgan fingerprint density at radius 1 is 1.69 bits per heavy atom. The molecule has 0 aliphatic carbocycles. The van der Waals surface area contributed by atoms with Crippen molar-refractivity contribution >= 4 is 0 Å². The average Bonchev–Trinajstić information content (AvgIpc) is 2.64. The molecule has 1 heterocycles. The Labute approximate surface area is 78.0 Å². The summed E-state index contributed by atoms with van der Waals surface area (Å²) in [4.78, 5) is 0. The lowest BCUT2D eigenvalue weighted by molar-refractivity contribution is 0.182. The lowest BCUT2D eigenvalue weighted by Gasteiger charge is -2.13. The molecule has 1 aromatic rings. The van der Waals surface area contributed by atoms with Crippen LogP contribution in [-0.4, -0.2) is 19.8 Å². The summed E-state index contributed by atoms with van der Waals surface area (Å²) >= 11 is 0. The minimum absolute atomic E-state index is 0.248. The summed E-state index contributed by atoms with van der Waals surface area (Å²) in [6, 6.07) is 2.19. The maximum atomic E-state index is 5.39. The largest absolute Gasteiger partial charge is 0.472 e. The highest BCUT2D eigenvalue weighted by Crippen LogP contribution is 2.05. The van der Waals surface area contributed by atoms with Crippen molar-refractivity contribution in [2.75, 3.05) is 13.7 Å². The van der Waals surface area contributed by atoms with Gasteiger partial charge in [0.25, 0.3) is 0 Å². The molecule has 1 rings (SSSR count). The van der Waals surface area contributed by atoms with Gasteiger partial charge in [-0.15, -0.1) is 0 Å². The van der Waals surface area contributed by atoms with E-state index < -0.39 is 0 Å². The van der Waals surface area contributed by atoms with Crippen LogP contribution in [0.15, 0.2) is 23.0 Å². The summed E-state index contributed by atoms with van der Waals surface area (Å²) in [6.45, 7) is 0.715. The average molecular weight is 184 g/mol. The summed E-state index contributed by atoms with van der Waals surface area (Å²) in [5.41, 5.74) is 3.91. The second-order valence-corrected chi connectivity index (χ2v) is 2.98. The maximum absolute atomic E-state index is 5.39. The summed E-state index contributed by atoms with van der Waals surface area (Å²) in [6.07, 6.45) is 5.17. The van der Waals surface area contributed by atoms with Crippen molar-refractivity contribution < 1.29 is 9.15 Å². The van der Waals surface area contributed by atoms with Crippen LogP contribution in [0.25, 0.3) is 0 Å². The fourth-order valence-corrected chi connectivity index (χ4v) is 1.20. The molecule has 4 nitrogen and oxygen atoms in total. The Morgan fingerprint density at radius 3 is 3.08 bits per heavy atom. The van der Waals surface area contributed by atoms with E-state index in [-0.39, 0.29) is 6.04 Å². The van der Waals surface area contributed by atoms with Crippen molar-refractivity contribution in [3.05, 3.63) is 24.2 Å². The first-order valence-electron chi connectivity index (χ1n) is 4.33. The fraction of sp³-hybridized carbons (Fsp3) is 0.556. The summed E-state index contributed by atoms with van der Waals surface area (Å²) in [7, 11) is 1.69. The van der Waals surface area contributed by atoms with Crippen LogP contribution < -0.4 is 11.3 Å². The zero-order valence-corrected chi connectivity index (χ0v) is 7.82. The smallest absolute Gasteiger partial charge is 0.0935 e. The SMILES string of the molecule is COCCC(Cc1ccoc1)NN. The van der Waals surface area contributed by atoms with Crippen molar-refractivity contribution in [3.63, 3.8) is 0 Å². The van der Waals surface area contributed by atoms with Crippen molar-refractivity contribution in [2.24, 2.45) is 5.84 Å². The van der Waals surface area contributed by atoms with Gasteiger partial charge in [0.2, 0.25) is 0 Å². The lowest BCUT2D eigenvalue weighted by atomic mass is 10.1. The summed E-state index contributed by atoms with van der Waals surface area (Å²) in [5, 5.41) is 0. The number of nitrogens with two attached hydrogens (primary N) is 1. The van der Waals surface area contributed by atoms with E-state index in [1.165, 1.54) is 0 Å². The molecule has 0 saturated heterocycles. The molecular weight excluding hydrogens is 168 g/mol. The van der Waals surface area contributed by atoms with Crippen LogP contribution in [0, 0.1) is 0 Å². The number of methoxy groups -OCH3 is 1. The number of rotatable bonds is 6. The van der Waals surface area contributed by atoms with E-state index in [1.807, 2.05) is 6.07 Å². The zero-order chi connectivity index (χ0) is 9.52. The van der Waals surface area contributed by atoms with E-state index in [0.29, 0.717) is 6.61 Å². The topological polar surface area (TPSA) is 60.4 Å². The molecule has 0 fully saturated rings. The molecule has 0 spiro atoms. The number of nitrogens with one attached hydrogen (secondary N) is 1. The van der Waals surface area contributed by atoms with Crippen LogP contribution in [0.2, 0.25) is 0 Å². The first-order valence-corrected chi connectivity index (χ1v) is 4.33. The van der Waals surface area contributed by atoms with E-state index in [2.05, 4.69) is 5.43 Å². The molecule has 74 valence electrons. The van der Waals surface area contributed by atoms with E-state index in [1.54, 1.807) is 19.6 Å². The third-order valence-corrected chi connectivity index (χ3v) is 1.97. The first-order chi connectivity index (χ1) is 6.36. The number of hydrogen-bond acceptors (Lipinski definition) is 4. The fourth-order valence-electron chi connectivity index (χ4n) is 1.20. The van der Waals surface area contributed by atoms with E-state index in [4.69, 9.17) is 15.0 Å². The van der Waals surface area contributed by atoms with Crippen LogP contribution >= 0.6 is 0 Å². The quantitative estimate of drug-likeness (QED) is 0.504. The number of furan rings is 1. The summed E-state index contributed by atoms with van der Waals surface area (Å²) < 4.78 is 9.94. The zero-order valence-electron chi connectivity index (χ0n) is 7.82. The lowest BCUT2D eigenvalue weighted by Crippen LogP contribution is -2.37. The molecule has 0 amide bonds. The summed E-state index contributed by atoms with van der Waals surface area (Å²) in [5.74, 6) is 5.39. The second kappa shape index (κ2) is 5.75. The van der Waals surface area contributed by atoms with E-state index in [9.17, 15) is 0 Å². The van der Waals surface area contributed by atoms with Crippen molar-refractivity contribution in [1.82, 2.24) is 5.43 Å². The highest BCUT2D eigenvalue weighted by atomic mass is 16.5. The molecular formula is C9H16N2O2. The van der Waals surface area contributed by atoms with Crippen LogP contribution in [0.5, 0.6) is 0 Å². The van der Waals surface area contributed by atoms with Gasteiger partial charge in [-0.3, -0.25) is 11.3 Å². The number of hydrazine groups is 1. The van der Waals surface area contributed by atoms with Crippen molar-refractivity contribution in [2.45, 2.75) is 18.9 Å². The maximum Gasteiger partial charge on any atom is 0.0935 e. The molecule has 4 heteroatoms. The van der Waals surface area contributed by atoms with E-state index in [0.717, 1.165) is 18.4 Å². The van der Waals surface area contributed by atoms with Gasteiger partial charge in [0.15, 0.2) is 0 Å². The molecule has 1 aromatic heterocycles. The molecule has 0 radical (unpaired) electrons. The second-order valence-electron chi connectivity index (χ2n) is 2.98. The third kappa shape index (κ3) is 3.59. The minimum Gasteiger partial charge on any atom is -0.472 e. The Bertz CT molecular complexity index is 211. The Balaban J connectivity index is 2.31. The van der Waals surface area contributed by atoms with Gasteiger partial charge in [-0.1, -0.05) is 0 Å². The molecule has 1 unspecified atom stereocenters. The van der Waals surface area contributed by atoms with Gasteiger partial charge in [-0.2, -0.15) is 0 Å². The number of ether oxygens (including phenoxy) is 1. The van der Waals surface area contributed by atoms with Gasteiger partial charge < -0.3 is 9.15 Å². The molecule has 0 bridgehead atoms. The Hall–Kier alpha value is -0.840. The highest BCUT2D eigenvalue weighted by Gasteiger charge is 2.07. The molecule has 1 atom stereocenters. The van der Waals surface area contributed by atoms with Gasteiger partial charge in [-0.25, -0.2) is 0 Å². The molecule has 0 aliphatic heterocycles. The normalized spacial score (nSPS) is 13.1. The molecule has 0 aromatic carbocycles. The molecule has 0 saturated carbocycles. The monoisotopic (exact) mass is 184 g/mol. The Kier molecular flexibility index (Phi) is 4.53. The predicted molar refractivity (Wildman–Crippen MR) is 50.0 cm³/mol. The van der Waals surface area contributed by atoms with Gasteiger partial charge in [0.1, 0.15) is 0 Å². The van der Waals surface area contributed by atoms with E-state index >= 15 is 0 Å². The van der Waals surface area contributed by atoms with Crippen molar-refractivity contribution in [1.29, 1.82) is 0 Å². The van der Waals surface area contributed by atoms with Gasteiger partial charge in [0, 0.05) is 19.8 Å². The van der Waals surface area contributed by atoms with Gasteiger partial charge in [-0.05, 0) is 24.5 Å². The van der Waals surface area contributed by atoms with Crippen LogP contribution in [0.3, 0.4) is 0 Å². The molecule has 0 aliphatic rings.